The summed E-state index contributed by atoms with van der Waals surface area (Å²) in [4.78, 5) is 23.2. The van der Waals surface area contributed by atoms with E-state index in [1.807, 2.05) is 0 Å². The van der Waals surface area contributed by atoms with Crippen LogP contribution in [0.25, 0.3) is 22.3 Å². The molecule has 20 heteroatoms. The van der Waals surface area contributed by atoms with Crippen molar-refractivity contribution in [3.63, 3.8) is 0 Å². The van der Waals surface area contributed by atoms with Gasteiger partial charge in [-0.1, -0.05) is 6.92 Å². The lowest BCUT2D eigenvalue weighted by Crippen LogP contribution is -2.30. The molecule has 0 spiro atoms. The first-order chi connectivity index (χ1) is 22.2. The van der Waals surface area contributed by atoms with Gasteiger partial charge < -0.3 is 15.4 Å². The number of anilines is 2. The maximum Gasteiger partial charge on any atom is 0.416 e. The molecule has 0 fully saturated rings. The Morgan fingerprint density at radius 3 is 2.21 bits per heavy atom. The average Bonchev–Trinajstić information content (AvgIpc) is 3.00. The highest BCUT2D eigenvalue weighted by atomic mass is 32.2. The number of hydrogen-bond acceptors (Lipinski definition) is 11. The first-order valence-electron chi connectivity index (χ1n) is 13.6. The molecule has 2 aromatic heterocycles. The molecule has 0 radical (unpaired) electrons. The molecule has 0 bridgehead atoms. The molecule has 0 aliphatic heterocycles. The van der Waals surface area contributed by atoms with Crippen LogP contribution in [-0.4, -0.2) is 63.8 Å². The Labute approximate surface area is 269 Å². The van der Waals surface area contributed by atoms with Gasteiger partial charge in [0.05, 0.1) is 28.8 Å². The van der Waals surface area contributed by atoms with E-state index >= 15 is 0 Å². The second-order valence-electron chi connectivity index (χ2n) is 10.2. The second-order valence-corrected chi connectivity index (χ2v) is 13.8. The number of aromatic nitrogens is 3. The molecule has 0 saturated carbocycles. The molecule has 0 unspecified atom stereocenters. The number of carbonyl (C=O) groups is 1. The van der Waals surface area contributed by atoms with Crippen LogP contribution in [0.5, 0.6) is 5.75 Å². The molecular formula is C28H26F6N6O6S2. The Balaban J connectivity index is 1.75. The topological polar surface area (TPSA) is 169 Å². The molecule has 3 N–H and O–H groups in total. The Morgan fingerprint density at radius 1 is 0.896 bits per heavy atom. The average molecular weight is 721 g/mol. The van der Waals surface area contributed by atoms with Gasteiger partial charge in [-0.2, -0.15) is 31.3 Å². The van der Waals surface area contributed by atoms with Gasteiger partial charge >= 0.3 is 12.4 Å². The highest BCUT2D eigenvalue weighted by Gasteiger charge is 2.33. The van der Waals surface area contributed by atoms with Gasteiger partial charge in [0.15, 0.2) is 15.7 Å². The van der Waals surface area contributed by atoms with Gasteiger partial charge in [0.2, 0.25) is 11.9 Å². The number of sulfonamides is 1. The predicted octanol–water partition coefficient (Wildman–Crippen LogP) is 4.92. The maximum atomic E-state index is 13.6. The smallest absolute Gasteiger partial charge is 0.416 e. The lowest BCUT2D eigenvalue weighted by Gasteiger charge is -2.15. The molecule has 0 aliphatic carbocycles. The minimum absolute atomic E-state index is 0.00707. The molecular weight excluding hydrogens is 694 g/mol. The molecule has 4 rings (SSSR count). The molecule has 0 atom stereocenters. The van der Waals surface area contributed by atoms with E-state index in [1.165, 1.54) is 44.4 Å². The number of amides is 1. The van der Waals surface area contributed by atoms with Crippen LogP contribution in [0.4, 0.5) is 38.1 Å². The summed E-state index contributed by atoms with van der Waals surface area (Å²) in [6.07, 6.45) is -8.96. The summed E-state index contributed by atoms with van der Waals surface area (Å²) in [5.74, 6) is -1.67. The van der Waals surface area contributed by atoms with Crippen molar-refractivity contribution in [1.29, 1.82) is 0 Å². The van der Waals surface area contributed by atoms with Gasteiger partial charge in [0.25, 0.3) is 10.0 Å². The van der Waals surface area contributed by atoms with E-state index in [9.17, 15) is 48.0 Å². The van der Waals surface area contributed by atoms with Crippen molar-refractivity contribution in [2.75, 3.05) is 30.5 Å². The fourth-order valence-corrected chi connectivity index (χ4v) is 6.24. The van der Waals surface area contributed by atoms with Crippen LogP contribution in [0.3, 0.4) is 0 Å². The third-order valence-electron chi connectivity index (χ3n) is 6.48. The molecule has 0 saturated heterocycles. The van der Waals surface area contributed by atoms with Crippen LogP contribution < -0.4 is 20.1 Å². The minimum atomic E-state index is -4.97. The zero-order valence-electron chi connectivity index (χ0n) is 25.1. The number of ether oxygens (including phenoxy) is 1. The van der Waals surface area contributed by atoms with Crippen LogP contribution >= 0.6 is 0 Å². The van der Waals surface area contributed by atoms with E-state index in [1.54, 1.807) is 4.72 Å². The molecule has 0 aliphatic rings. The molecule has 12 nitrogen and oxygen atoms in total. The van der Waals surface area contributed by atoms with Gasteiger partial charge in [-0.05, 0) is 54.1 Å². The van der Waals surface area contributed by atoms with Crippen molar-refractivity contribution in [3.8, 4) is 17.0 Å². The summed E-state index contributed by atoms with van der Waals surface area (Å²) in [7, 11) is -7.16. The summed E-state index contributed by atoms with van der Waals surface area (Å²) in [5, 5.41) is 4.70. The fourth-order valence-electron chi connectivity index (χ4n) is 4.23. The Hall–Kier alpha value is -4.72. The molecule has 2 heterocycles. The predicted molar refractivity (Wildman–Crippen MR) is 161 cm³/mol. The standard InChI is InChI=1S/C28H26F6N6O6S2/c1-4-23(41)40-48(44,45)18-10-15(9-17(12-18)28(32,33)34)13-35-26-38-20-7-6-19(37-24(20)25(39-26)36-14-27(29,30)31)16-5-8-21(46-2)22(11-16)47(3,42)43/h5-12H,4,13-14H2,1-3H3,(H,40,41)(H2,35,36,38,39). The normalized spacial score (nSPS) is 12.5. The number of halogens is 6. The van der Waals surface area contributed by atoms with E-state index in [0.717, 1.165) is 12.3 Å². The van der Waals surface area contributed by atoms with Crippen LogP contribution in [0, 0.1) is 0 Å². The Bertz CT molecular complexity index is 2090. The number of benzene rings is 2. The number of hydrogen-bond donors (Lipinski definition) is 3. The first-order valence-corrected chi connectivity index (χ1v) is 17.0. The van der Waals surface area contributed by atoms with E-state index in [4.69, 9.17) is 4.74 Å². The summed E-state index contributed by atoms with van der Waals surface area (Å²) in [6, 6.07) is 8.79. The summed E-state index contributed by atoms with van der Waals surface area (Å²) >= 11 is 0. The number of carbonyl (C=O) groups excluding carboxylic acids is 1. The van der Waals surface area contributed by atoms with Gasteiger partial charge in [0, 0.05) is 24.8 Å². The van der Waals surface area contributed by atoms with Gasteiger partial charge in [0.1, 0.15) is 22.7 Å². The highest BCUT2D eigenvalue weighted by Crippen LogP contribution is 2.33. The Morgan fingerprint density at radius 2 is 1.60 bits per heavy atom. The number of alkyl halides is 6. The molecule has 2 aromatic carbocycles. The fraction of sp³-hybridized carbons (Fsp3) is 0.286. The minimum Gasteiger partial charge on any atom is -0.495 e. The van der Waals surface area contributed by atoms with Crippen molar-refractivity contribution in [2.24, 2.45) is 0 Å². The number of nitrogens with zero attached hydrogens (tertiary/aromatic N) is 3. The van der Waals surface area contributed by atoms with Gasteiger partial charge in [-0.25, -0.2) is 31.5 Å². The van der Waals surface area contributed by atoms with Crippen LogP contribution in [0.1, 0.15) is 24.5 Å². The van der Waals surface area contributed by atoms with Crippen LogP contribution in [0.15, 0.2) is 58.3 Å². The SMILES string of the molecule is CCC(=O)NS(=O)(=O)c1cc(CNc2nc(NCC(F)(F)F)c3nc(-c4ccc(OC)c(S(C)(=O)=O)c4)ccc3n2)cc(C(F)(F)F)c1. The molecule has 4 aromatic rings. The highest BCUT2D eigenvalue weighted by molar-refractivity contribution is 7.91. The third kappa shape index (κ3) is 8.79. The van der Waals surface area contributed by atoms with Crippen LogP contribution in [-0.2, 0) is 37.4 Å². The van der Waals surface area contributed by atoms with Gasteiger partial charge in [-0.15, -0.1) is 0 Å². The van der Waals surface area contributed by atoms with E-state index < -0.39 is 67.5 Å². The molecule has 258 valence electrons. The number of pyridine rings is 1. The van der Waals surface area contributed by atoms with E-state index in [0.29, 0.717) is 12.1 Å². The number of rotatable bonds is 11. The van der Waals surface area contributed by atoms with Gasteiger partial charge in [-0.3, -0.25) is 4.79 Å². The number of fused-ring (bicyclic) bond motifs is 1. The maximum absolute atomic E-state index is 13.6. The summed E-state index contributed by atoms with van der Waals surface area (Å²) in [6.45, 7) is -0.731. The lowest BCUT2D eigenvalue weighted by molar-refractivity contribution is -0.137. The second kappa shape index (κ2) is 13.4. The van der Waals surface area contributed by atoms with Crippen molar-refractivity contribution < 1.29 is 52.7 Å². The van der Waals surface area contributed by atoms with Crippen LogP contribution in [0.2, 0.25) is 0 Å². The lowest BCUT2D eigenvalue weighted by atomic mass is 10.1. The number of nitrogens with one attached hydrogen (secondary N) is 3. The molecule has 48 heavy (non-hydrogen) atoms. The van der Waals surface area contributed by atoms with Crippen molar-refractivity contribution >= 4 is 48.6 Å². The van der Waals surface area contributed by atoms with Crippen molar-refractivity contribution in [2.45, 2.75) is 42.0 Å². The largest absolute Gasteiger partial charge is 0.495 e. The third-order valence-corrected chi connectivity index (χ3v) is 8.95. The summed E-state index contributed by atoms with van der Waals surface area (Å²) < 4.78 is 137. The molecule has 1 amide bonds. The quantitative estimate of drug-likeness (QED) is 0.180. The van der Waals surface area contributed by atoms with Crippen molar-refractivity contribution in [1.82, 2.24) is 19.7 Å². The number of sulfone groups is 1. The summed E-state index contributed by atoms with van der Waals surface area (Å²) in [5.41, 5.74) is -1.33. The van der Waals surface area contributed by atoms with E-state index in [-0.39, 0.29) is 50.9 Å². The first kappa shape index (κ1) is 36.1. The zero-order valence-corrected chi connectivity index (χ0v) is 26.7. The zero-order chi connectivity index (χ0) is 35.7. The number of methoxy groups -OCH3 is 1. The van der Waals surface area contributed by atoms with Crippen molar-refractivity contribution in [3.05, 3.63) is 59.7 Å². The monoisotopic (exact) mass is 720 g/mol. The Kier molecular flexibility index (Phi) is 10.1. The van der Waals surface area contributed by atoms with E-state index in [2.05, 4.69) is 25.6 Å².